The number of aliphatic hydroxyl groups excluding tert-OH is 2. The van der Waals surface area contributed by atoms with Crippen molar-refractivity contribution in [3.8, 4) is 0 Å². The van der Waals surface area contributed by atoms with Gasteiger partial charge in [0.25, 0.3) is 0 Å². The minimum Gasteiger partial charge on any atom is -0.466 e. The topological polar surface area (TPSA) is 95.9 Å². The number of amides is 1. The summed E-state index contributed by atoms with van der Waals surface area (Å²) in [4.78, 5) is 24.4. The Morgan fingerprint density at radius 2 is 0.797 bits per heavy atom. The van der Waals surface area contributed by atoms with Gasteiger partial charge in [-0.2, -0.15) is 0 Å². The first-order valence-electron chi connectivity index (χ1n) is 27.9. The normalized spacial score (nSPS) is 13.0. The molecule has 6 nitrogen and oxygen atoms in total. The van der Waals surface area contributed by atoms with Crippen molar-refractivity contribution < 1.29 is 24.5 Å². The van der Waals surface area contributed by atoms with Crippen LogP contribution in [0.15, 0.2) is 48.6 Å². The van der Waals surface area contributed by atoms with Crippen molar-refractivity contribution in [3.05, 3.63) is 48.6 Å². The molecule has 0 radical (unpaired) electrons. The molecule has 0 aromatic rings. The number of esters is 1. The highest BCUT2D eigenvalue weighted by Gasteiger charge is 2.17. The minimum absolute atomic E-state index is 0.0289. The van der Waals surface area contributed by atoms with Gasteiger partial charge in [0, 0.05) is 12.8 Å². The van der Waals surface area contributed by atoms with Crippen LogP contribution in [-0.4, -0.2) is 47.4 Å². The lowest BCUT2D eigenvalue weighted by Gasteiger charge is -2.19. The van der Waals surface area contributed by atoms with E-state index in [1.54, 1.807) is 6.08 Å². The van der Waals surface area contributed by atoms with Crippen molar-refractivity contribution in [1.29, 1.82) is 0 Å². The van der Waals surface area contributed by atoms with Crippen LogP contribution in [0, 0.1) is 0 Å². The smallest absolute Gasteiger partial charge is 0.305 e. The summed E-state index contributed by atoms with van der Waals surface area (Å²) in [7, 11) is 0. The van der Waals surface area contributed by atoms with Gasteiger partial charge in [-0.1, -0.05) is 242 Å². The zero-order valence-corrected chi connectivity index (χ0v) is 42.5. The van der Waals surface area contributed by atoms with E-state index in [1.165, 1.54) is 199 Å². The molecule has 2 atom stereocenters. The van der Waals surface area contributed by atoms with Gasteiger partial charge in [-0.25, -0.2) is 0 Å². The molecule has 0 saturated heterocycles. The fourth-order valence-corrected chi connectivity index (χ4v) is 8.27. The highest BCUT2D eigenvalue weighted by molar-refractivity contribution is 5.76. The second-order valence-corrected chi connectivity index (χ2v) is 18.9. The molecule has 0 saturated carbocycles. The number of aliphatic hydroxyl groups is 2. The fraction of sp³-hybridized carbons (Fsp3) is 0.828. The van der Waals surface area contributed by atoms with E-state index < -0.39 is 12.1 Å². The van der Waals surface area contributed by atoms with Gasteiger partial charge >= 0.3 is 5.97 Å². The fourth-order valence-electron chi connectivity index (χ4n) is 8.27. The molecule has 0 aliphatic heterocycles. The van der Waals surface area contributed by atoms with Gasteiger partial charge in [-0.05, 0) is 77.0 Å². The largest absolute Gasteiger partial charge is 0.466 e. The van der Waals surface area contributed by atoms with E-state index in [2.05, 4.69) is 49.5 Å². The summed E-state index contributed by atoms with van der Waals surface area (Å²) < 4.78 is 5.43. The van der Waals surface area contributed by atoms with Crippen LogP contribution in [0.3, 0.4) is 0 Å². The quantitative estimate of drug-likeness (QED) is 0.0321. The molecular weight excluding hydrogens is 791 g/mol. The molecule has 0 aromatic heterocycles. The predicted molar refractivity (Wildman–Crippen MR) is 278 cm³/mol. The molecule has 0 aliphatic carbocycles. The zero-order valence-electron chi connectivity index (χ0n) is 42.5. The Hall–Kier alpha value is -2.18. The Morgan fingerprint density at radius 1 is 0.438 bits per heavy atom. The molecule has 64 heavy (non-hydrogen) atoms. The minimum atomic E-state index is -0.881. The van der Waals surface area contributed by atoms with Crippen molar-refractivity contribution in [3.63, 3.8) is 0 Å². The molecule has 2 unspecified atom stereocenters. The Morgan fingerprint density at radius 3 is 1.27 bits per heavy atom. The van der Waals surface area contributed by atoms with Crippen LogP contribution in [0.1, 0.15) is 284 Å². The van der Waals surface area contributed by atoms with E-state index in [0.29, 0.717) is 25.9 Å². The summed E-state index contributed by atoms with van der Waals surface area (Å²) >= 11 is 0. The number of hydrogen-bond acceptors (Lipinski definition) is 5. The average molecular weight is 898 g/mol. The van der Waals surface area contributed by atoms with Gasteiger partial charge in [0.05, 0.1) is 25.4 Å². The van der Waals surface area contributed by atoms with Crippen LogP contribution < -0.4 is 5.32 Å². The van der Waals surface area contributed by atoms with Gasteiger partial charge < -0.3 is 20.3 Å². The van der Waals surface area contributed by atoms with Crippen molar-refractivity contribution in [2.24, 2.45) is 0 Å². The van der Waals surface area contributed by atoms with Crippen LogP contribution in [0.2, 0.25) is 0 Å². The van der Waals surface area contributed by atoms with Gasteiger partial charge in [0.2, 0.25) is 5.91 Å². The van der Waals surface area contributed by atoms with Crippen LogP contribution in [-0.2, 0) is 14.3 Å². The summed E-state index contributed by atoms with van der Waals surface area (Å²) in [6.45, 7) is 4.81. The number of nitrogens with one attached hydrogen (secondary N) is 1. The van der Waals surface area contributed by atoms with Crippen LogP contribution in [0.4, 0.5) is 0 Å². The van der Waals surface area contributed by atoms with E-state index in [0.717, 1.165) is 51.4 Å². The summed E-state index contributed by atoms with van der Waals surface area (Å²) in [5, 5.41) is 23.1. The molecule has 0 spiro atoms. The molecule has 1 amide bonds. The number of allylic oxidation sites excluding steroid dienone is 7. The van der Waals surface area contributed by atoms with Crippen molar-refractivity contribution in [2.45, 2.75) is 296 Å². The Bertz CT molecular complexity index is 1080. The van der Waals surface area contributed by atoms with E-state index in [1.807, 2.05) is 12.2 Å². The van der Waals surface area contributed by atoms with E-state index in [-0.39, 0.29) is 18.5 Å². The lowest BCUT2D eigenvalue weighted by atomic mass is 10.0. The molecule has 0 aliphatic rings. The first kappa shape index (κ1) is 61.8. The average Bonchev–Trinajstić information content (AvgIpc) is 3.29. The maximum atomic E-state index is 12.4. The Balaban J connectivity index is 3.59. The molecular formula is C58H107NO5. The first-order chi connectivity index (χ1) is 31.5. The lowest BCUT2D eigenvalue weighted by Crippen LogP contribution is -2.45. The van der Waals surface area contributed by atoms with E-state index in [4.69, 9.17) is 4.74 Å². The summed E-state index contributed by atoms with van der Waals surface area (Å²) in [5.41, 5.74) is 0. The Kier molecular flexibility index (Phi) is 51.6. The number of hydrogen-bond donors (Lipinski definition) is 3. The number of carbonyl (C=O) groups excluding carboxylic acids is 2. The maximum Gasteiger partial charge on any atom is 0.305 e. The van der Waals surface area contributed by atoms with Crippen LogP contribution in [0.25, 0.3) is 0 Å². The molecule has 0 rings (SSSR count). The van der Waals surface area contributed by atoms with Crippen molar-refractivity contribution in [1.82, 2.24) is 5.32 Å². The number of ether oxygens (including phenoxy) is 1. The standard InChI is InChI=1S/C58H107NO5/c1-3-5-7-9-11-13-15-17-18-19-20-21-22-23-24-25-27-30-34-38-42-46-50-56(61)55(54-60)59-57(62)51-47-43-39-35-31-28-26-29-33-37-41-45-49-53-64-58(63)52-48-44-40-36-32-16-14-12-10-8-6-4-2/h12,14,28,31,39,43,46,50,55-56,60-61H,3-11,13,15-27,29-30,32-38,40-42,44-45,47-49,51-54H2,1-2H3,(H,59,62)/b14-12-,31-28-,43-39-,50-46+. The van der Waals surface area contributed by atoms with Crippen molar-refractivity contribution >= 4 is 11.9 Å². The highest BCUT2D eigenvalue weighted by Crippen LogP contribution is 2.16. The predicted octanol–water partition coefficient (Wildman–Crippen LogP) is 17.0. The Labute approximate surface area is 397 Å². The summed E-state index contributed by atoms with van der Waals surface area (Å²) in [6.07, 6.45) is 67.1. The van der Waals surface area contributed by atoms with Gasteiger partial charge in [-0.3, -0.25) is 9.59 Å². The third-order valence-corrected chi connectivity index (χ3v) is 12.6. The molecule has 0 heterocycles. The second kappa shape index (κ2) is 53.4. The van der Waals surface area contributed by atoms with Crippen molar-refractivity contribution in [2.75, 3.05) is 13.2 Å². The van der Waals surface area contributed by atoms with Gasteiger partial charge in [-0.15, -0.1) is 0 Å². The highest BCUT2D eigenvalue weighted by atomic mass is 16.5. The van der Waals surface area contributed by atoms with Crippen LogP contribution >= 0.6 is 0 Å². The summed E-state index contributed by atoms with van der Waals surface area (Å²) in [5.74, 6) is -0.177. The third kappa shape index (κ3) is 49.3. The molecule has 3 N–H and O–H groups in total. The number of rotatable bonds is 51. The number of unbranched alkanes of at least 4 members (excludes halogenated alkanes) is 34. The molecule has 0 bridgehead atoms. The number of carbonyl (C=O) groups is 2. The molecule has 374 valence electrons. The first-order valence-corrected chi connectivity index (χ1v) is 27.9. The van der Waals surface area contributed by atoms with Gasteiger partial charge in [0.15, 0.2) is 0 Å². The summed E-state index contributed by atoms with van der Waals surface area (Å²) in [6, 6.07) is -0.674. The maximum absolute atomic E-state index is 12.4. The monoisotopic (exact) mass is 898 g/mol. The molecule has 0 aromatic carbocycles. The van der Waals surface area contributed by atoms with E-state index >= 15 is 0 Å². The SMILES string of the molecule is CCCCC/C=C\CCCCCCCC(=O)OCCCCCCCC/C=C\C/C=C\CCC(=O)NC(CO)C(O)/C=C/CCCCCCCCCCCCCCCCCCCCCC. The second-order valence-electron chi connectivity index (χ2n) is 18.9. The lowest BCUT2D eigenvalue weighted by molar-refractivity contribution is -0.143. The molecule has 6 heteroatoms. The zero-order chi connectivity index (χ0) is 46.5. The third-order valence-electron chi connectivity index (χ3n) is 12.6. The molecule has 0 fully saturated rings. The van der Waals surface area contributed by atoms with Gasteiger partial charge in [0.1, 0.15) is 0 Å². The van der Waals surface area contributed by atoms with E-state index in [9.17, 15) is 19.8 Å². The van der Waals surface area contributed by atoms with Crippen LogP contribution in [0.5, 0.6) is 0 Å².